The molecule has 1 aliphatic rings. The number of likely N-dealkylation sites (tertiary alicyclic amines) is 1. The van der Waals surface area contributed by atoms with E-state index in [9.17, 15) is 14.3 Å². The summed E-state index contributed by atoms with van der Waals surface area (Å²) in [5.74, 6) is -0.354. The Labute approximate surface area is 154 Å². The molecule has 26 heavy (non-hydrogen) atoms. The highest BCUT2D eigenvalue weighted by atomic mass is 32.1. The molecule has 2 aromatic heterocycles. The molecule has 1 amide bonds. The number of H-pyrrole nitrogens is 1. The van der Waals surface area contributed by atoms with Gasteiger partial charge < -0.3 is 10.0 Å². The smallest absolute Gasteiger partial charge is 0.254 e. The maximum absolute atomic E-state index is 13.1. The summed E-state index contributed by atoms with van der Waals surface area (Å²) < 4.78 is 13.1. The van der Waals surface area contributed by atoms with Crippen LogP contribution in [-0.2, 0) is 5.60 Å². The lowest BCUT2D eigenvalue weighted by Crippen LogP contribution is -2.45. The van der Waals surface area contributed by atoms with Gasteiger partial charge in [0.25, 0.3) is 5.91 Å². The molecule has 4 rings (SSSR count). The molecular formula is C19H18FN3O2S. The van der Waals surface area contributed by atoms with Crippen molar-refractivity contribution in [2.75, 3.05) is 13.1 Å². The summed E-state index contributed by atoms with van der Waals surface area (Å²) in [5, 5.41) is 19.4. The normalized spacial score (nSPS) is 16.6. The van der Waals surface area contributed by atoms with Gasteiger partial charge in [-0.25, -0.2) is 4.39 Å². The van der Waals surface area contributed by atoms with E-state index in [1.54, 1.807) is 29.4 Å². The first-order valence-electron chi connectivity index (χ1n) is 8.40. The molecular weight excluding hydrogens is 353 g/mol. The van der Waals surface area contributed by atoms with E-state index in [4.69, 9.17) is 0 Å². The standard InChI is InChI=1S/C19H18FN3O2S/c20-16-3-1-15(2-4-16)19(25)5-7-23(8-6-19)18(24)13-9-17(26-12-13)14-10-21-22-11-14/h1-4,9-12,25H,5-8H2,(H,21,22). The Morgan fingerprint density at radius 1 is 1.27 bits per heavy atom. The summed E-state index contributed by atoms with van der Waals surface area (Å²) >= 11 is 1.51. The van der Waals surface area contributed by atoms with Gasteiger partial charge in [-0.15, -0.1) is 11.3 Å². The summed E-state index contributed by atoms with van der Waals surface area (Å²) in [4.78, 5) is 15.5. The van der Waals surface area contributed by atoms with E-state index in [1.807, 2.05) is 11.4 Å². The number of nitrogens with one attached hydrogen (secondary N) is 1. The van der Waals surface area contributed by atoms with E-state index in [1.165, 1.54) is 23.5 Å². The van der Waals surface area contributed by atoms with E-state index in [2.05, 4.69) is 10.2 Å². The van der Waals surface area contributed by atoms with Crippen molar-refractivity contribution in [3.05, 3.63) is 65.0 Å². The SMILES string of the molecule is O=C(c1csc(-c2cn[nH]c2)c1)N1CCC(O)(c2ccc(F)cc2)CC1. The van der Waals surface area contributed by atoms with Gasteiger partial charge in [-0.2, -0.15) is 5.10 Å². The largest absolute Gasteiger partial charge is 0.385 e. The Kier molecular flexibility index (Phi) is 4.34. The molecule has 0 spiro atoms. The summed E-state index contributed by atoms with van der Waals surface area (Å²) in [6.07, 6.45) is 4.39. The van der Waals surface area contributed by atoms with Crippen molar-refractivity contribution < 1.29 is 14.3 Å². The second kappa shape index (κ2) is 6.66. The van der Waals surface area contributed by atoms with Crippen LogP contribution in [0.4, 0.5) is 4.39 Å². The number of amides is 1. The summed E-state index contributed by atoms with van der Waals surface area (Å²) in [7, 11) is 0. The predicted octanol–water partition coefficient (Wildman–Crippen LogP) is 3.40. The van der Waals surface area contributed by atoms with Gasteiger partial charge in [-0.1, -0.05) is 12.1 Å². The molecule has 3 aromatic rings. The monoisotopic (exact) mass is 371 g/mol. The lowest BCUT2D eigenvalue weighted by molar-refractivity contribution is -0.0211. The molecule has 134 valence electrons. The Morgan fingerprint density at radius 2 is 2.00 bits per heavy atom. The number of nitrogens with zero attached hydrogens (tertiary/aromatic N) is 2. The second-order valence-corrected chi connectivity index (χ2v) is 7.43. The second-order valence-electron chi connectivity index (χ2n) is 6.52. The molecule has 1 fully saturated rings. The number of benzene rings is 1. The van der Waals surface area contributed by atoms with E-state index < -0.39 is 5.60 Å². The summed E-state index contributed by atoms with van der Waals surface area (Å²) in [5.41, 5.74) is 1.29. The quantitative estimate of drug-likeness (QED) is 0.741. The number of hydrogen-bond donors (Lipinski definition) is 2. The van der Waals surface area contributed by atoms with Crippen LogP contribution in [0.25, 0.3) is 10.4 Å². The van der Waals surface area contributed by atoms with Gasteiger partial charge in [0, 0.05) is 35.1 Å². The number of rotatable bonds is 3. The topological polar surface area (TPSA) is 69.2 Å². The number of aliphatic hydroxyl groups is 1. The molecule has 2 N–H and O–H groups in total. The van der Waals surface area contributed by atoms with Crippen LogP contribution >= 0.6 is 11.3 Å². The van der Waals surface area contributed by atoms with Crippen molar-refractivity contribution in [2.45, 2.75) is 18.4 Å². The van der Waals surface area contributed by atoms with Crippen LogP contribution in [-0.4, -0.2) is 39.2 Å². The van der Waals surface area contributed by atoms with Crippen molar-refractivity contribution in [1.82, 2.24) is 15.1 Å². The maximum atomic E-state index is 13.1. The minimum atomic E-state index is -1.01. The third kappa shape index (κ3) is 3.15. The number of halogens is 1. The molecule has 1 aromatic carbocycles. The van der Waals surface area contributed by atoms with Gasteiger partial charge in [-0.3, -0.25) is 9.89 Å². The number of piperidine rings is 1. The van der Waals surface area contributed by atoms with Crippen LogP contribution in [0.1, 0.15) is 28.8 Å². The predicted molar refractivity (Wildman–Crippen MR) is 97.3 cm³/mol. The zero-order chi connectivity index (χ0) is 18.1. The Morgan fingerprint density at radius 3 is 2.65 bits per heavy atom. The highest BCUT2D eigenvalue weighted by Crippen LogP contribution is 2.34. The number of carbonyl (C=O) groups is 1. The van der Waals surface area contributed by atoms with Crippen LogP contribution in [0, 0.1) is 5.82 Å². The van der Waals surface area contributed by atoms with E-state index >= 15 is 0 Å². The number of thiophene rings is 1. The molecule has 0 atom stereocenters. The number of aromatic amines is 1. The number of carbonyl (C=O) groups excluding carboxylic acids is 1. The van der Waals surface area contributed by atoms with Gasteiger partial charge in [0.1, 0.15) is 5.82 Å². The number of aromatic nitrogens is 2. The van der Waals surface area contributed by atoms with Crippen molar-refractivity contribution in [1.29, 1.82) is 0 Å². The average Bonchev–Trinajstić information content (AvgIpc) is 3.34. The fraction of sp³-hybridized carbons (Fsp3) is 0.263. The first-order chi connectivity index (χ1) is 12.5. The van der Waals surface area contributed by atoms with Crippen molar-refractivity contribution >= 4 is 17.2 Å². The molecule has 0 unspecified atom stereocenters. The molecule has 1 saturated heterocycles. The maximum Gasteiger partial charge on any atom is 0.254 e. The summed E-state index contributed by atoms with van der Waals surface area (Å²) in [6, 6.07) is 7.81. The Balaban J connectivity index is 1.44. The van der Waals surface area contributed by atoms with E-state index in [0.717, 1.165) is 10.4 Å². The molecule has 3 heterocycles. The van der Waals surface area contributed by atoms with Gasteiger partial charge >= 0.3 is 0 Å². The van der Waals surface area contributed by atoms with Gasteiger partial charge in [-0.05, 0) is 36.6 Å². The molecule has 5 nitrogen and oxygen atoms in total. The fourth-order valence-electron chi connectivity index (χ4n) is 3.30. The van der Waals surface area contributed by atoms with Crippen LogP contribution in [0.3, 0.4) is 0 Å². The lowest BCUT2D eigenvalue weighted by atomic mass is 9.84. The third-order valence-corrected chi connectivity index (χ3v) is 5.87. The van der Waals surface area contributed by atoms with Crippen LogP contribution in [0.5, 0.6) is 0 Å². The van der Waals surface area contributed by atoms with Gasteiger partial charge in [0.05, 0.1) is 17.4 Å². The Hall–Kier alpha value is -2.51. The van der Waals surface area contributed by atoms with Crippen LogP contribution in [0.2, 0.25) is 0 Å². The molecule has 0 saturated carbocycles. The molecule has 0 bridgehead atoms. The Bertz CT molecular complexity index is 897. The molecule has 1 aliphatic heterocycles. The van der Waals surface area contributed by atoms with Gasteiger partial charge in [0.2, 0.25) is 0 Å². The van der Waals surface area contributed by atoms with Crippen molar-refractivity contribution in [2.24, 2.45) is 0 Å². The van der Waals surface area contributed by atoms with Gasteiger partial charge in [0.15, 0.2) is 0 Å². The molecule has 0 radical (unpaired) electrons. The highest BCUT2D eigenvalue weighted by Gasteiger charge is 2.35. The van der Waals surface area contributed by atoms with Crippen molar-refractivity contribution in [3.63, 3.8) is 0 Å². The van der Waals surface area contributed by atoms with Crippen LogP contribution < -0.4 is 0 Å². The zero-order valence-electron chi connectivity index (χ0n) is 14.0. The third-order valence-electron chi connectivity index (χ3n) is 4.89. The summed E-state index contributed by atoms with van der Waals surface area (Å²) in [6.45, 7) is 0.924. The fourth-order valence-corrected chi connectivity index (χ4v) is 4.16. The zero-order valence-corrected chi connectivity index (χ0v) is 14.8. The lowest BCUT2D eigenvalue weighted by Gasteiger charge is -2.38. The van der Waals surface area contributed by atoms with E-state index in [-0.39, 0.29) is 11.7 Å². The molecule has 7 heteroatoms. The number of hydrogen-bond acceptors (Lipinski definition) is 4. The minimum Gasteiger partial charge on any atom is -0.385 e. The first-order valence-corrected chi connectivity index (χ1v) is 9.28. The average molecular weight is 371 g/mol. The van der Waals surface area contributed by atoms with Crippen molar-refractivity contribution in [3.8, 4) is 10.4 Å². The molecule has 0 aliphatic carbocycles. The highest BCUT2D eigenvalue weighted by molar-refractivity contribution is 7.13. The van der Waals surface area contributed by atoms with Crippen LogP contribution in [0.15, 0.2) is 48.1 Å². The van der Waals surface area contributed by atoms with E-state index in [0.29, 0.717) is 37.1 Å². The first kappa shape index (κ1) is 16.9. The minimum absolute atomic E-state index is 0.0304.